The summed E-state index contributed by atoms with van der Waals surface area (Å²) in [5, 5.41) is 0. The van der Waals surface area contributed by atoms with Gasteiger partial charge in [-0.1, -0.05) is 48.6 Å². The molecule has 0 saturated heterocycles. The number of alkyl halides is 3. The largest absolute Gasteiger partial charge is 0.459 e. The molecular formula is C33H33F3O9. The van der Waals surface area contributed by atoms with Gasteiger partial charge in [0.25, 0.3) is 5.60 Å². The molecule has 0 aromatic heterocycles. The van der Waals surface area contributed by atoms with Crippen LogP contribution in [0.25, 0.3) is 0 Å². The average molecular weight is 631 g/mol. The van der Waals surface area contributed by atoms with E-state index in [9.17, 15) is 32.3 Å². The fourth-order valence-electron chi connectivity index (χ4n) is 5.36. The SMILES string of the molecule is COC(C(=O)O[C@H]1/C=C/C=C\C2C[C@@H]2CC(C)OC(=O)c2c(cc(OC(C)=O)cc2OC(C)=O)C1)(c1ccccc1)C(F)(F)F. The maximum Gasteiger partial charge on any atom is 0.432 e. The number of esters is 4. The molecule has 1 fully saturated rings. The highest BCUT2D eigenvalue weighted by Crippen LogP contribution is 2.45. The Kier molecular flexibility index (Phi) is 10.2. The lowest BCUT2D eigenvalue weighted by Crippen LogP contribution is -2.52. The molecule has 0 radical (unpaired) electrons. The number of hydrogen-bond acceptors (Lipinski definition) is 9. The van der Waals surface area contributed by atoms with E-state index in [1.807, 2.05) is 6.08 Å². The molecule has 1 aliphatic carbocycles. The van der Waals surface area contributed by atoms with Crippen molar-refractivity contribution in [3.63, 3.8) is 0 Å². The van der Waals surface area contributed by atoms with Crippen molar-refractivity contribution in [1.82, 2.24) is 0 Å². The average Bonchev–Trinajstić information content (AvgIpc) is 3.67. The molecule has 2 aliphatic rings. The van der Waals surface area contributed by atoms with Gasteiger partial charge >= 0.3 is 30.1 Å². The van der Waals surface area contributed by atoms with Crippen LogP contribution in [0.3, 0.4) is 0 Å². The molecule has 1 aliphatic heterocycles. The van der Waals surface area contributed by atoms with Gasteiger partial charge in [0.1, 0.15) is 23.2 Å². The molecule has 240 valence electrons. The van der Waals surface area contributed by atoms with Crippen LogP contribution in [-0.4, -0.2) is 49.4 Å². The number of benzene rings is 2. The van der Waals surface area contributed by atoms with Crippen molar-refractivity contribution in [2.75, 3.05) is 7.11 Å². The van der Waals surface area contributed by atoms with Gasteiger partial charge < -0.3 is 23.7 Å². The Hall–Kier alpha value is -4.45. The van der Waals surface area contributed by atoms with Gasteiger partial charge in [-0.05, 0) is 49.3 Å². The quantitative estimate of drug-likeness (QED) is 0.289. The number of methoxy groups -OCH3 is 1. The third kappa shape index (κ3) is 7.80. The smallest absolute Gasteiger partial charge is 0.432 e. The Morgan fingerprint density at radius 3 is 2.22 bits per heavy atom. The van der Waals surface area contributed by atoms with E-state index >= 15 is 0 Å². The van der Waals surface area contributed by atoms with Crippen LogP contribution >= 0.6 is 0 Å². The fraction of sp³-hybridized carbons (Fsp3) is 0.394. The molecule has 12 heteroatoms. The number of carbonyl (C=O) groups excluding carboxylic acids is 4. The minimum atomic E-state index is -5.23. The zero-order valence-corrected chi connectivity index (χ0v) is 25.1. The predicted octanol–water partition coefficient (Wildman–Crippen LogP) is 5.79. The molecular weight excluding hydrogens is 597 g/mol. The maximum absolute atomic E-state index is 14.6. The van der Waals surface area contributed by atoms with Gasteiger partial charge in [-0.15, -0.1) is 0 Å². The van der Waals surface area contributed by atoms with Crippen LogP contribution in [-0.2, 0) is 40.6 Å². The Morgan fingerprint density at radius 1 is 0.933 bits per heavy atom. The summed E-state index contributed by atoms with van der Waals surface area (Å²) in [6.07, 6.45) is 0.377. The number of ether oxygens (including phenoxy) is 5. The molecule has 0 spiro atoms. The molecule has 1 saturated carbocycles. The minimum absolute atomic E-state index is 0.0183. The molecule has 5 atom stereocenters. The lowest BCUT2D eigenvalue weighted by Gasteiger charge is -2.33. The number of halogens is 3. The zero-order chi connectivity index (χ0) is 32.9. The highest BCUT2D eigenvalue weighted by atomic mass is 19.4. The molecule has 9 nitrogen and oxygen atoms in total. The van der Waals surface area contributed by atoms with Crippen LogP contribution in [0.15, 0.2) is 66.8 Å². The number of fused-ring (bicyclic) bond motifs is 2. The Balaban J connectivity index is 1.84. The molecule has 3 unspecified atom stereocenters. The van der Waals surface area contributed by atoms with Crippen molar-refractivity contribution in [2.45, 2.75) is 64.0 Å². The van der Waals surface area contributed by atoms with E-state index in [0.717, 1.165) is 45.6 Å². The summed E-state index contributed by atoms with van der Waals surface area (Å²) < 4.78 is 70.4. The van der Waals surface area contributed by atoms with E-state index in [1.54, 1.807) is 13.0 Å². The van der Waals surface area contributed by atoms with Crippen molar-refractivity contribution in [3.05, 3.63) is 83.5 Å². The first-order valence-electron chi connectivity index (χ1n) is 14.2. The Bertz CT molecular complexity index is 1500. The monoisotopic (exact) mass is 630 g/mol. The van der Waals surface area contributed by atoms with E-state index in [2.05, 4.69) is 0 Å². The summed E-state index contributed by atoms with van der Waals surface area (Å²) in [5.74, 6) is -4.14. The second-order valence-corrected chi connectivity index (χ2v) is 10.9. The van der Waals surface area contributed by atoms with E-state index in [4.69, 9.17) is 23.7 Å². The third-order valence-corrected chi connectivity index (χ3v) is 7.44. The summed E-state index contributed by atoms with van der Waals surface area (Å²) in [7, 11) is 0.753. The molecule has 45 heavy (non-hydrogen) atoms. The van der Waals surface area contributed by atoms with Gasteiger partial charge in [-0.3, -0.25) is 9.59 Å². The van der Waals surface area contributed by atoms with Crippen LogP contribution in [0.2, 0.25) is 0 Å². The molecule has 1 heterocycles. The first-order valence-corrected chi connectivity index (χ1v) is 14.2. The third-order valence-electron chi connectivity index (χ3n) is 7.44. The highest BCUT2D eigenvalue weighted by molar-refractivity contribution is 5.96. The topological polar surface area (TPSA) is 114 Å². The molecule has 0 N–H and O–H groups in total. The highest BCUT2D eigenvalue weighted by Gasteiger charge is 2.64. The lowest BCUT2D eigenvalue weighted by atomic mass is 9.92. The van der Waals surface area contributed by atoms with Crippen LogP contribution in [0, 0.1) is 11.8 Å². The van der Waals surface area contributed by atoms with Crippen LogP contribution in [0.5, 0.6) is 11.5 Å². The normalized spacial score (nSPS) is 24.3. The van der Waals surface area contributed by atoms with E-state index in [-0.39, 0.29) is 34.5 Å². The predicted molar refractivity (Wildman–Crippen MR) is 153 cm³/mol. The second kappa shape index (κ2) is 13.7. The summed E-state index contributed by atoms with van der Waals surface area (Å²) in [6, 6.07) is 8.76. The Morgan fingerprint density at radius 2 is 1.60 bits per heavy atom. The molecule has 4 rings (SSSR count). The van der Waals surface area contributed by atoms with Crippen LogP contribution in [0.4, 0.5) is 13.2 Å². The van der Waals surface area contributed by atoms with E-state index in [1.165, 1.54) is 36.4 Å². The molecule has 2 aromatic rings. The first kappa shape index (κ1) is 33.4. The van der Waals surface area contributed by atoms with E-state index in [0.29, 0.717) is 6.42 Å². The summed E-state index contributed by atoms with van der Waals surface area (Å²) in [6.45, 7) is 3.94. The summed E-state index contributed by atoms with van der Waals surface area (Å²) in [4.78, 5) is 50.9. The van der Waals surface area contributed by atoms with Gasteiger partial charge in [0, 0.05) is 39.0 Å². The number of hydrogen-bond donors (Lipinski definition) is 0. The summed E-state index contributed by atoms with van der Waals surface area (Å²) in [5.41, 5.74) is -4.19. The molecule has 2 aromatic carbocycles. The maximum atomic E-state index is 14.6. The molecule has 0 amide bonds. The van der Waals surface area contributed by atoms with Crippen molar-refractivity contribution >= 4 is 23.9 Å². The van der Waals surface area contributed by atoms with Crippen LogP contribution in [0.1, 0.15) is 55.1 Å². The Labute approximate surface area is 257 Å². The first-order chi connectivity index (χ1) is 21.2. The lowest BCUT2D eigenvalue weighted by molar-refractivity contribution is -0.277. The number of cyclic esters (lactones) is 1. The number of rotatable bonds is 6. The van der Waals surface area contributed by atoms with Gasteiger partial charge in [-0.25, -0.2) is 9.59 Å². The van der Waals surface area contributed by atoms with Gasteiger partial charge in [0.2, 0.25) is 0 Å². The standard InChI is InChI=1S/C33H33F3O9/c1-19-14-23-15-22(23)10-8-9-13-26(45-31(40)32(41-4,33(34,35)36)25-11-6-5-7-12-25)16-24-17-27(43-20(2)37)18-28(44-21(3)38)29(24)30(39)42-19/h5-13,17-19,22-23,26H,14-16H2,1-4H3/b10-8-,13-9+/t19?,22?,23-,26-,32?/m0/s1. The van der Waals surface area contributed by atoms with Crippen molar-refractivity contribution in [3.8, 4) is 11.5 Å². The number of allylic oxidation sites excluding steroid dienone is 3. The fourth-order valence-corrected chi connectivity index (χ4v) is 5.36. The van der Waals surface area contributed by atoms with Gasteiger partial charge in [0.05, 0.1) is 6.10 Å². The second-order valence-electron chi connectivity index (χ2n) is 10.9. The number of carbonyl (C=O) groups is 4. The van der Waals surface area contributed by atoms with Crippen molar-refractivity contribution < 1.29 is 56.0 Å². The summed E-state index contributed by atoms with van der Waals surface area (Å²) >= 11 is 0. The minimum Gasteiger partial charge on any atom is -0.459 e. The van der Waals surface area contributed by atoms with Gasteiger partial charge in [-0.2, -0.15) is 13.2 Å². The van der Waals surface area contributed by atoms with Crippen molar-refractivity contribution in [2.24, 2.45) is 11.8 Å². The zero-order valence-electron chi connectivity index (χ0n) is 25.1. The van der Waals surface area contributed by atoms with Crippen molar-refractivity contribution in [1.29, 1.82) is 0 Å². The van der Waals surface area contributed by atoms with E-state index < -0.39 is 59.8 Å². The van der Waals surface area contributed by atoms with Crippen LogP contribution < -0.4 is 9.47 Å². The van der Waals surface area contributed by atoms with Gasteiger partial charge in [0.15, 0.2) is 0 Å². The molecule has 0 bridgehead atoms.